The first kappa shape index (κ1) is 31.9. The van der Waals surface area contributed by atoms with Gasteiger partial charge in [0, 0.05) is 5.56 Å². The normalized spacial score (nSPS) is 11.6. The van der Waals surface area contributed by atoms with Gasteiger partial charge in [-0.05, 0) is 127 Å². The van der Waals surface area contributed by atoms with Crippen LogP contribution < -0.4 is 9.47 Å². The Bertz CT molecular complexity index is 1070. The van der Waals surface area contributed by atoms with Gasteiger partial charge in [0.1, 0.15) is 17.1 Å². The molecule has 0 bridgehead atoms. The van der Waals surface area contributed by atoms with E-state index in [0.717, 1.165) is 40.0 Å². The third kappa shape index (κ3) is 9.38. The number of rotatable bonds is 9. The smallest absolute Gasteiger partial charge is 0.350 e. The zero-order valence-corrected chi connectivity index (χ0v) is 24.9. The Labute approximate surface area is 224 Å². The molecule has 0 amide bonds. The molecule has 0 unspecified atom stereocenters. The Morgan fingerprint density at radius 1 is 0.811 bits per heavy atom. The largest absolute Gasteiger partial charge is 0.493 e. The summed E-state index contributed by atoms with van der Waals surface area (Å²) in [6.45, 7) is 23.4. The van der Waals surface area contributed by atoms with Crippen molar-refractivity contribution < 1.29 is 23.8 Å². The van der Waals surface area contributed by atoms with Crippen LogP contribution in [0.2, 0.25) is 0 Å². The van der Waals surface area contributed by atoms with Crippen LogP contribution in [-0.4, -0.2) is 29.6 Å². The first-order valence-corrected chi connectivity index (χ1v) is 13.1. The van der Waals surface area contributed by atoms with E-state index in [1.807, 2.05) is 86.6 Å². The maximum atomic E-state index is 12.9. The van der Waals surface area contributed by atoms with E-state index in [0.29, 0.717) is 17.9 Å². The van der Waals surface area contributed by atoms with Crippen LogP contribution in [0.3, 0.4) is 0 Å². The summed E-state index contributed by atoms with van der Waals surface area (Å²) in [6, 6.07) is 7.62. The summed E-state index contributed by atoms with van der Waals surface area (Å²) < 4.78 is 17.4. The highest BCUT2D eigenvalue weighted by molar-refractivity contribution is 6.07. The summed E-state index contributed by atoms with van der Waals surface area (Å²) in [5.74, 6) is 0.997. The standard InChI is InChI=1S/C30H40O5.C2H6/c1-11-14-33-26-21(4)17-24(18-22(26)5)25(31)13-12-23-15-19(2)27(20(3)16-23)34-30(9,10)28(32)35-29(6,7)8;1-2/h12-13,15-18H,11,14H2,1-10H3;1-2H3/b13-12+;. The van der Waals surface area contributed by atoms with Gasteiger partial charge in [0.15, 0.2) is 11.4 Å². The first-order chi connectivity index (χ1) is 17.1. The van der Waals surface area contributed by atoms with Gasteiger partial charge in [-0.15, -0.1) is 0 Å². The highest BCUT2D eigenvalue weighted by Crippen LogP contribution is 2.30. The van der Waals surface area contributed by atoms with Gasteiger partial charge in [0.25, 0.3) is 0 Å². The molecule has 0 saturated heterocycles. The predicted molar refractivity (Wildman–Crippen MR) is 153 cm³/mol. The highest BCUT2D eigenvalue weighted by Gasteiger charge is 2.35. The van der Waals surface area contributed by atoms with Crippen LogP contribution in [0.15, 0.2) is 30.3 Å². The predicted octanol–water partition coefficient (Wildman–Crippen LogP) is 8.13. The lowest BCUT2D eigenvalue weighted by Crippen LogP contribution is -2.43. The molecule has 0 heterocycles. The second-order valence-corrected chi connectivity index (χ2v) is 10.6. The number of carbonyl (C=O) groups excluding carboxylic acids is 2. The molecule has 2 aromatic carbocycles. The summed E-state index contributed by atoms with van der Waals surface area (Å²) in [7, 11) is 0. The Hall–Kier alpha value is -3.08. The van der Waals surface area contributed by atoms with E-state index in [2.05, 4.69) is 6.92 Å². The molecule has 0 N–H and O–H groups in total. The number of esters is 1. The fourth-order valence-electron chi connectivity index (χ4n) is 3.73. The third-order valence-electron chi connectivity index (χ3n) is 5.35. The first-order valence-electron chi connectivity index (χ1n) is 13.1. The van der Waals surface area contributed by atoms with E-state index in [1.165, 1.54) is 0 Å². The molecule has 0 aliphatic rings. The molecule has 204 valence electrons. The maximum absolute atomic E-state index is 12.9. The highest BCUT2D eigenvalue weighted by atomic mass is 16.6. The third-order valence-corrected chi connectivity index (χ3v) is 5.35. The van der Waals surface area contributed by atoms with Gasteiger partial charge in [-0.1, -0.05) is 26.8 Å². The molecule has 0 saturated carbocycles. The van der Waals surface area contributed by atoms with Crippen LogP contribution in [0.5, 0.6) is 11.5 Å². The van der Waals surface area contributed by atoms with Crippen LogP contribution in [-0.2, 0) is 9.53 Å². The molecular weight excluding hydrogens is 464 g/mol. The van der Waals surface area contributed by atoms with E-state index in [1.54, 1.807) is 26.0 Å². The van der Waals surface area contributed by atoms with Crippen molar-refractivity contribution in [2.75, 3.05) is 6.61 Å². The molecule has 5 heteroatoms. The second kappa shape index (κ2) is 13.5. The van der Waals surface area contributed by atoms with E-state index in [9.17, 15) is 9.59 Å². The van der Waals surface area contributed by atoms with Gasteiger partial charge in [0.05, 0.1) is 6.61 Å². The Balaban J connectivity index is 0.00000334. The van der Waals surface area contributed by atoms with Gasteiger partial charge in [-0.25, -0.2) is 4.79 Å². The van der Waals surface area contributed by atoms with Gasteiger partial charge in [-0.3, -0.25) is 4.79 Å². The van der Waals surface area contributed by atoms with Crippen molar-refractivity contribution in [2.45, 2.75) is 101 Å². The minimum absolute atomic E-state index is 0.0695. The zero-order chi connectivity index (χ0) is 28.6. The number of hydrogen-bond acceptors (Lipinski definition) is 5. The molecule has 0 spiro atoms. The summed E-state index contributed by atoms with van der Waals surface area (Å²) in [5.41, 5.74) is 3.43. The number of ketones is 1. The van der Waals surface area contributed by atoms with Gasteiger partial charge < -0.3 is 14.2 Å². The summed E-state index contributed by atoms with van der Waals surface area (Å²) >= 11 is 0. The number of carbonyl (C=O) groups is 2. The van der Waals surface area contributed by atoms with Crippen LogP contribution in [0, 0.1) is 27.7 Å². The van der Waals surface area contributed by atoms with Crippen LogP contribution in [0.25, 0.3) is 6.08 Å². The Morgan fingerprint density at radius 3 is 1.76 bits per heavy atom. The van der Waals surface area contributed by atoms with Gasteiger partial charge >= 0.3 is 5.97 Å². The van der Waals surface area contributed by atoms with Crippen molar-refractivity contribution in [3.05, 3.63) is 63.7 Å². The van der Waals surface area contributed by atoms with E-state index >= 15 is 0 Å². The molecule has 5 nitrogen and oxygen atoms in total. The number of allylic oxidation sites excluding steroid dienone is 1. The number of hydrogen-bond donors (Lipinski definition) is 0. The topological polar surface area (TPSA) is 61.8 Å². The molecule has 0 radical (unpaired) electrons. The van der Waals surface area contributed by atoms with Gasteiger partial charge in [-0.2, -0.15) is 0 Å². The fraction of sp³-hybridized carbons (Fsp3) is 0.500. The van der Waals surface area contributed by atoms with E-state index < -0.39 is 17.2 Å². The minimum Gasteiger partial charge on any atom is -0.493 e. The molecule has 0 aromatic heterocycles. The molecule has 2 rings (SSSR count). The van der Waals surface area contributed by atoms with Crippen molar-refractivity contribution in [1.29, 1.82) is 0 Å². The molecule has 0 aliphatic heterocycles. The lowest BCUT2D eigenvalue weighted by atomic mass is 10.0. The summed E-state index contributed by atoms with van der Waals surface area (Å²) in [6.07, 6.45) is 4.32. The Morgan fingerprint density at radius 2 is 1.30 bits per heavy atom. The van der Waals surface area contributed by atoms with Crippen molar-refractivity contribution in [3.63, 3.8) is 0 Å². The Kier molecular flexibility index (Phi) is 11.6. The van der Waals surface area contributed by atoms with Crippen molar-refractivity contribution >= 4 is 17.8 Å². The average Bonchev–Trinajstić information content (AvgIpc) is 2.79. The summed E-state index contributed by atoms with van der Waals surface area (Å²) in [4.78, 5) is 25.5. The quantitative estimate of drug-likeness (QED) is 0.194. The van der Waals surface area contributed by atoms with E-state index in [-0.39, 0.29) is 5.78 Å². The number of aryl methyl sites for hydroxylation is 4. The SMILES string of the molecule is CC.CCCOc1c(C)cc(C(=O)/C=C/c2cc(C)c(OC(C)(C)C(=O)OC(C)(C)C)c(C)c2)cc1C. The molecule has 0 aliphatic carbocycles. The lowest BCUT2D eigenvalue weighted by molar-refractivity contribution is -0.171. The molecule has 0 fully saturated rings. The van der Waals surface area contributed by atoms with Gasteiger partial charge in [0.2, 0.25) is 0 Å². The molecule has 0 atom stereocenters. The number of benzene rings is 2. The lowest BCUT2D eigenvalue weighted by Gasteiger charge is -2.30. The molecular formula is C32H46O5. The molecule has 37 heavy (non-hydrogen) atoms. The number of ether oxygens (including phenoxy) is 3. The van der Waals surface area contributed by atoms with Crippen LogP contribution in [0.1, 0.15) is 100.0 Å². The van der Waals surface area contributed by atoms with Crippen molar-refractivity contribution in [2.24, 2.45) is 0 Å². The van der Waals surface area contributed by atoms with E-state index in [4.69, 9.17) is 14.2 Å². The molecule has 2 aromatic rings. The second-order valence-electron chi connectivity index (χ2n) is 10.6. The minimum atomic E-state index is -1.14. The fourth-order valence-corrected chi connectivity index (χ4v) is 3.73. The maximum Gasteiger partial charge on any atom is 0.350 e. The van der Waals surface area contributed by atoms with Crippen molar-refractivity contribution in [3.8, 4) is 11.5 Å². The van der Waals surface area contributed by atoms with Crippen molar-refractivity contribution in [1.82, 2.24) is 0 Å². The van der Waals surface area contributed by atoms with Crippen LogP contribution in [0.4, 0.5) is 0 Å². The van der Waals surface area contributed by atoms with Crippen LogP contribution >= 0.6 is 0 Å². The zero-order valence-electron chi connectivity index (χ0n) is 24.9. The monoisotopic (exact) mass is 510 g/mol. The summed E-state index contributed by atoms with van der Waals surface area (Å²) in [5, 5.41) is 0. The average molecular weight is 511 g/mol.